The molecule has 0 radical (unpaired) electrons. The quantitative estimate of drug-likeness (QED) is 0.628. The first kappa shape index (κ1) is 22.7. The Kier molecular flexibility index (Phi) is 6.58. The van der Waals surface area contributed by atoms with Crippen molar-refractivity contribution in [2.24, 2.45) is 11.0 Å². The Balaban J connectivity index is 1.72. The van der Waals surface area contributed by atoms with Crippen molar-refractivity contribution in [1.82, 2.24) is 5.01 Å². The third kappa shape index (κ3) is 4.27. The highest BCUT2D eigenvalue weighted by atomic mass is 16.5. The van der Waals surface area contributed by atoms with Crippen LogP contribution in [0, 0.1) is 5.92 Å². The molecule has 7 nitrogen and oxygen atoms in total. The molecule has 0 saturated heterocycles. The molecule has 0 N–H and O–H groups in total. The van der Waals surface area contributed by atoms with Gasteiger partial charge in [-0.2, -0.15) is 5.10 Å². The fraction of sp³-hybridized carbons (Fsp3) is 0.385. The van der Waals surface area contributed by atoms with E-state index in [1.165, 1.54) is 0 Å². The van der Waals surface area contributed by atoms with Crippen molar-refractivity contribution in [3.8, 4) is 23.0 Å². The summed E-state index contributed by atoms with van der Waals surface area (Å²) in [6, 6.07) is 11.5. The van der Waals surface area contributed by atoms with E-state index >= 15 is 0 Å². The van der Waals surface area contributed by atoms with Gasteiger partial charge >= 0.3 is 0 Å². The molecule has 0 aromatic heterocycles. The smallest absolute Gasteiger partial charge is 0.240 e. The molecule has 174 valence electrons. The number of nitrogens with zero attached hydrogens (tertiary/aromatic N) is 2. The maximum absolute atomic E-state index is 12.6. The molecule has 1 fully saturated rings. The van der Waals surface area contributed by atoms with Crippen LogP contribution in [0.4, 0.5) is 0 Å². The summed E-state index contributed by atoms with van der Waals surface area (Å²) in [5, 5.41) is 6.44. The third-order valence-electron chi connectivity index (χ3n) is 6.32. The number of fused-ring (bicyclic) bond motifs is 1. The number of hydrogen-bond donors (Lipinski definition) is 0. The lowest BCUT2D eigenvalue weighted by Crippen LogP contribution is -2.30. The molecule has 4 rings (SSSR count). The largest absolute Gasteiger partial charge is 0.493 e. The normalized spacial score (nSPS) is 20.8. The van der Waals surface area contributed by atoms with E-state index in [1.54, 1.807) is 40.4 Å². The van der Waals surface area contributed by atoms with Crippen LogP contribution in [-0.2, 0) is 4.79 Å². The lowest BCUT2D eigenvalue weighted by Gasteiger charge is -2.29. The summed E-state index contributed by atoms with van der Waals surface area (Å²) < 4.78 is 21.7. The predicted molar refractivity (Wildman–Crippen MR) is 127 cm³/mol. The maximum atomic E-state index is 12.6. The van der Waals surface area contributed by atoms with Gasteiger partial charge < -0.3 is 18.9 Å². The fourth-order valence-electron chi connectivity index (χ4n) is 4.78. The minimum Gasteiger partial charge on any atom is -0.493 e. The number of methoxy groups -OCH3 is 4. The first-order valence-corrected chi connectivity index (χ1v) is 11.0. The van der Waals surface area contributed by atoms with Crippen LogP contribution >= 0.6 is 0 Å². The molecule has 1 aliphatic carbocycles. The van der Waals surface area contributed by atoms with Crippen molar-refractivity contribution in [1.29, 1.82) is 0 Å². The Bertz CT molecular complexity index is 1110. The first-order chi connectivity index (χ1) is 16.0. The van der Waals surface area contributed by atoms with E-state index in [0.717, 1.165) is 41.7 Å². The number of carbonyl (C=O) groups excluding carboxylic acids is 1. The zero-order valence-electron chi connectivity index (χ0n) is 19.8. The average molecular weight is 451 g/mol. The molecule has 1 saturated carbocycles. The van der Waals surface area contributed by atoms with E-state index in [9.17, 15) is 4.79 Å². The monoisotopic (exact) mass is 450 g/mol. The number of ether oxygens (including phenoxy) is 4. The molecule has 2 aromatic rings. The Labute approximate surface area is 194 Å². The van der Waals surface area contributed by atoms with E-state index in [-0.39, 0.29) is 17.9 Å². The van der Waals surface area contributed by atoms with Crippen LogP contribution in [0.25, 0.3) is 6.08 Å². The molecule has 7 heteroatoms. The molecule has 2 atom stereocenters. The van der Waals surface area contributed by atoms with Gasteiger partial charge in [-0.15, -0.1) is 0 Å². The number of hydrazone groups is 1. The van der Waals surface area contributed by atoms with Crippen LogP contribution in [0.2, 0.25) is 0 Å². The van der Waals surface area contributed by atoms with Crippen LogP contribution in [-0.4, -0.2) is 45.1 Å². The maximum Gasteiger partial charge on any atom is 0.240 e. The summed E-state index contributed by atoms with van der Waals surface area (Å²) in [6.45, 7) is 1.56. The van der Waals surface area contributed by atoms with Crippen molar-refractivity contribution in [2.45, 2.75) is 32.2 Å². The molecule has 0 unspecified atom stereocenters. The van der Waals surface area contributed by atoms with Gasteiger partial charge in [-0.05, 0) is 66.3 Å². The van der Waals surface area contributed by atoms with Gasteiger partial charge in [0.1, 0.15) is 0 Å². The average Bonchev–Trinajstić information content (AvgIpc) is 3.24. The molecule has 1 heterocycles. The number of amides is 1. The van der Waals surface area contributed by atoms with E-state index in [4.69, 9.17) is 24.0 Å². The molecule has 33 heavy (non-hydrogen) atoms. The Hall–Kier alpha value is -3.48. The second-order valence-corrected chi connectivity index (χ2v) is 8.19. The molecule has 2 aromatic carbocycles. The second-order valence-electron chi connectivity index (χ2n) is 8.19. The van der Waals surface area contributed by atoms with E-state index in [0.29, 0.717) is 23.0 Å². The van der Waals surface area contributed by atoms with Gasteiger partial charge in [-0.3, -0.25) is 4.79 Å². The molecular formula is C26H30N2O5. The number of benzene rings is 2. The summed E-state index contributed by atoms with van der Waals surface area (Å²) in [5.74, 6) is 2.71. The highest BCUT2D eigenvalue weighted by Gasteiger charge is 2.43. The Morgan fingerprint density at radius 3 is 2.21 bits per heavy atom. The van der Waals surface area contributed by atoms with Crippen LogP contribution < -0.4 is 18.9 Å². The van der Waals surface area contributed by atoms with Gasteiger partial charge in [0.05, 0.1) is 40.2 Å². The van der Waals surface area contributed by atoms with Crippen molar-refractivity contribution in [3.05, 3.63) is 53.1 Å². The van der Waals surface area contributed by atoms with Crippen molar-refractivity contribution in [2.75, 3.05) is 28.4 Å². The van der Waals surface area contributed by atoms with Crippen molar-refractivity contribution >= 4 is 17.7 Å². The summed E-state index contributed by atoms with van der Waals surface area (Å²) in [6.07, 6.45) is 5.04. The van der Waals surface area contributed by atoms with Crippen molar-refractivity contribution in [3.63, 3.8) is 0 Å². The molecule has 0 bridgehead atoms. The highest BCUT2D eigenvalue weighted by Crippen LogP contribution is 2.46. The summed E-state index contributed by atoms with van der Waals surface area (Å²) in [4.78, 5) is 12.6. The predicted octanol–water partition coefficient (Wildman–Crippen LogP) is 4.86. The summed E-state index contributed by atoms with van der Waals surface area (Å²) in [5.41, 5.74) is 4.12. The van der Waals surface area contributed by atoms with Crippen LogP contribution in [0.1, 0.15) is 43.4 Å². The number of rotatable bonds is 6. The minimum atomic E-state index is -0.175. The lowest BCUT2D eigenvalue weighted by molar-refractivity contribution is -0.131. The topological polar surface area (TPSA) is 69.6 Å². The minimum absolute atomic E-state index is 0.0813. The number of allylic oxidation sites excluding steroid dienone is 1. The fourth-order valence-corrected chi connectivity index (χ4v) is 4.78. The molecular weight excluding hydrogens is 420 g/mol. The van der Waals surface area contributed by atoms with E-state index < -0.39 is 0 Å². The lowest BCUT2D eigenvalue weighted by atomic mass is 9.77. The van der Waals surface area contributed by atoms with Gasteiger partial charge in [0, 0.05) is 12.8 Å². The van der Waals surface area contributed by atoms with Gasteiger partial charge in [0.15, 0.2) is 23.0 Å². The number of carbonyl (C=O) groups is 1. The van der Waals surface area contributed by atoms with Crippen LogP contribution in [0.3, 0.4) is 0 Å². The Morgan fingerprint density at radius 1 is 0.939 bits per heavy atom. The summed E-state index contributed by atoms with van der Waals surface area (Å²) in [7, 11) is 6.48. The molecule has 0 spiro atoms. The van der Waals surface area contributed by atoms with Gasteiger partial charge in [-0.1, -0.05) is 12.1 Å². The summed E-state index contributed by atoms with van der Waals surface area (Å²) >= 11 is 0. The van der Waals surface area contributed by atoms with Crippen LogP contribution in [0.5, 0.6) is 23.0 Å². The molecule has 1 amide bonds. The zero-order chi connectivity index (χ0) is 23.5. The van der Waals surface area contributed by atoms with Crippen molar-refractivity contribution < 1.29 is 23.7 Å². The van der Waals surface area contributed by atoms with E-state index in [2.05, 4.69) is 6.08 Å². The van der Waals surface area contributed by atoms with Gasteiger partial charge in [-0.25, -0.2) is 5.01 Å². The number of hydrogen-bond acceptors (Lipinski definition) is 6. The van der Waals surface area contributed by atoms with Gasteiger partial charge in [0.25, 0.3) is 0 Å². The standard InChI is InChI=1S/C26H30N2O5/c1-16(29)28-26(19-10-12-22(31-3)24(15-19)33-5)20-8-6-7-18(25(20)27-28)13-17-9-11-21(30-2)23(14-17)32-4/h9-15,20,26H,6-8H2,1-5H3/b18-13-/t20-,26+/m1/s1. The van der Waals surface area contributed by atoms with Crippen LogP contribution in [0.15, 0.2) is 47.1 Å². The zero-order valence-corrected chi connectivity index (χ0v) is 19.8. The van der Waals surface area contributed by atoms with Gasteiger partial charge in [0.2, 0.25) is 5.91 Å². The second kappa shape index (κ2) is 9.57. The Morgan fingerprint density at radius 2 is 1.58 bits per heavy atom. The molecule has 2 aliphatic rings. The highest BCUT2D eigenvalue weighted by molar-refractivity contribution is 6.08. The molecule has 1 aliphatic heterocycles. The first-order valence-electron chi connectivity index (χ1n) is 11.0. The SMILES string of the molecule is COc1ccc(/C=C2/CCC[C@@H]3C2=NN(C(C)=O)[C@H]3c2ccc(OC)c(OC)c2)cc1OC. The van der Waals surface area contributed by atoms with E-state index in [1.807, 2.05) is 36.4 Å². The third-order valence-corrected chi connectivity index (χ3v) is 6.32.